The number of hydrogen-bond donors (Lipinski definition) is 3. The van der Waals surface area contributed by atoms with Crippen molar-refractivity contribution in [3.05, 3.63) is 83.4 Å². The van der Waals surface area contributed by atoms with Crippen molar-refractivity contribution < 1.29 is 27.5 Å². The fraction of sp³-hybridized carbons (Fsp3) is 0.353. The molecule has 2 fully saturated rings. The van der Waals surface area contributed by atoms with Gasteiger partial charge < -0.3 is 25.6 Å². The number of hydrogen-bond acceptors (Lipinski definition) is 10. The van der Waals surface area contributed by atoms with Crippen LogP contribution in [0.25, 0.3) is 10.2 Å². The maximum Gasteiger partial charge on any atom is 0.332 e. The molecular formula is C34H40N8O6S2. The predicted octanol–water partition coefficient (Wildman–Crippen LogP) is 3.22. The lowest BCUT2D eigenvalue weighted by atomic mass is 9.99. The number of fused-ring (bicyclic) bond motifs is 2. The standard InChI is InChI=1S/C34H40N8O6S2/c1-4-16-40(34(45)36-18-23-10-14-26(48-2)15-11-23)41-21-30(43)42-27(17-22-8-12-25(13-9-22)38-50(3,46)47)32(44)39(20-29(41)42)19-24-6-5-7-28-31(24)37-33(35)49-28/h5-15,27,29,38H,4,16-21H2,1-3H3,(H2,35,37)(H,36,45)/t27-,29+/m0/s1. The first kappa shape index (κ1) is 34.9. The summed E-state index contributed by atoms with van der Waals surface area (Å²) in [7, 11) is -1.88. The van der Waals surface area contributed by atoms with Crippen LogP contribution in [0.2, 0.25) is 0 Å². The zero-order chi connectivity index (χ0) is 35.6. The highest BCUT2D eigenvalue weighted by molar-refractivity contribution is 7.92. The number of urea groups is 1. The number of carbonyl (C=O) groups is 3. The van der Waals surface area contributed by atoms with Crippen LogP contribution in [0.15, 0.2) is 66.7 Å². The Morgan fingerprint density at radius 2 is 1.80 bits per heavy atom. The molecule has 3 heterocycles. The van der Waals surface area contributed by atoms with E-state index in [1.54, 1.807) is 51.2 Å². The number of nitrogens with zero attached hydrogens (tertiary/aromatic N) is 5. The maximum atomic E-state index is 14.3. The molecule has 0 aliphatic carbocycles. The third-order valence-electron chi connectivity index (χ3n) is 8.72. The number of hydrazine groups is 1. The van der Waals surface area contributed by atoms with Crippen molar-refractivity contribution in [1.82, 2.24) is 30.1 Å². The molecule has 4 amide bonds. The van der Waals surface area contributed by atoms with Crippen molar-refractivity contribution in [3.8, 4) is 5.75 Å². The number of aromatic nitrogens is 1. The van der Waals surface area contributed by atoms with Crippen LogP contribution >= 0.6 is 11.3 Å². The Kier molecular flexibility index (Phi) is 10.1. The SMILES string of the molecule is CCCN(C(=O)NCc1ccc(OC)cc1)N1CC(=O)N2[C@@H](Cc3ccc(NS(C)(=O)=O)cc3)C(=O)N(Cc3cccc4sc(N)nc34)C[C@@H]21. The molecule has 2 atom stereocenters. The second-order valence-electron chi connectivity index (χ2n) is 12.3. The van der Waals surface area contributed by atoms with Crippen molar-refractivity contribution >= 4 is 60.2 Å². The smallest absolute Gasteiger partial charge is 0.332 e. The molecule has 0 saturated carbocycles. The molecule has 0 radical (unpaired) electrons. The fourth-order valence-corrected chi connectivity index (χ4v) is 7.81. The number of ether oxygens (including phenoxy) is 1. The number of nitrogens with one attached hydrogen (secondary N) is 2. The quantitative estimate of drug-likeness (QED) is 0.199. The van der Waals surface area contributed by atoms with Crippen LogP contribution in [0.5, 0.6) is 5.75 Å². The number of methoxy groups -OCH3 is 1. The number of thiazole rings is 1. The highest BCUT2D eigenvalue weighted by Crippen LogP contribution is 2.32. The van der Waals surface area contributed by atoms with Crippen LogP contribution in [-0.2, 0) is 39.1 Å². The van der Waals surface area contributed by atoms with E-state index in [1.165, 1.54) is 11.3 Å². The molecule has 2 saturated heterocycles. The van der Waals surface area contributed by atoms with E-state index in [0.29, 0.717) is 29.5 Å². The van der Waals surface area contributed by atoms with Crippen molar-refractivity contribution in [3.63, 3.8) is 0 Å². The number of benzene rings is 3. The van der Waals surface area contributed by atoms with Gasteiger partial charge in [0.05, 0.1) is 36.7 Å². The lowest BCUT2D eigenvalue weighted by Gasteiger charge is -2.46. The molecule has 6 rings (SSSR count). The zero-order valence-corrected chi connectivity index (χ0v) is 29.7. The first-order chi connectivity index (χ1) is 23.9. The summed E-state index contributed by atoms with van der Waals surface area (Å²) >= 11 is 1.37. The summed E-state index contributed by atoms with van der Waals surface area (Å²) in [5.74, 6) is 0.216. The average Bonchev–Trinajstić information content (AvgIpc) is 3.63. The van der Waals surface area contributed by atoms with Gasteiger partial charge in [-0.15, -0.1) is 0 Å². The maximum absolute atomic E-state index is 14.3. The van der Waals surface area contributed by atoms with Gasteiger partial charge in [-0.05, 0) is 53.4 Å². The van der Waals surface area contributed by atoms with Crippen molar-refractivity contribution in [2.75, 3.05) is 43.5 Å². The number of anilines is 2. The summed E-state index contributed by atoms with van der Waals surface area (Å²) in [4.78, 5) is 49.8. The average molecular weight is 721 g/mol. The Labute approximate surface area is 294 Å². The van der Waals surface area contributed by atoms with Gasteiger partial charge in [-0.2, -0.15) is 5.01 Å². The number of para-hydroxylation sites is 1. The summed E-state index contributed by atoms with van der Waals surface area (Å²) in [5, 5.41) is 6.76. The number of nitrogens with two attached hydrogens (primary N) is 1. The van der Waals surface area contributed by atoms with E-state index < -0.39 is 22.2 Å². The van der Waals surface area contributed by atoms with Crippen LogP contribution in [0.1, 0.15) is 30.0 Å². The molecule has 2 aliphatic rings. The largest absolute Gasteiger partial charge is 0.497 e. The molecule has 0 spiro atoms. The number of sulfonamides is 1. The lowest BCUT2D eigenvalue weighted by Crippen LogP contribution is -2.66. The third-order valence-corrected chi connectivity index (χ3v) is 10.2. The van der Waals surface area contributed by atoms with Gasteiger partial charge >= 0.3 is 6.03 Å². The number of amides is 4. The molecule has 264 valence electrons. The Morgan fingerprint density at radius 1 is 1.08 bits per heavy atom. The monoisotopic (exact) mass is 720 g/mol. The van der Waals surface area contributed by atoms with Crippen molar-refractivity contribution in [2.45, 2.75) is 45.1 Å². The van der Waals surface area contributed by atoms with E-state index in [0.717, 1.165) is 33.2 Å². The van der Waals surface area contributed by atoms with E-state index in [4.69, 9.17) is 10.5 Å². The van der Waals surface area contributed by atoms with E-state index >= 15 is 0 Å². The zero-order valence-electron chi connectivity index (χ0n) is 28.0. The summed E-state index contributed by atoms with van der Waals surface area (Å²) in [6.45, 7) is 2.92. The van der Waals surface area contributed by atoms with Gasteiger partial charge in [0, 0.05) is 31.7 Å². The van der Waals surface area contributed by atoms with Gasteiger partial charge in [0.25, 0.3) is 0 Å². The minimum atomic E-state index is -3.47. The number of piperazine rings is 1. The second kappa shape index (κ2) is 14.5. The summed E-state index contributed by atoms with van der Waals surface area (Å²) < 4.78 is 32.1. The Balaban J connectivity index is 1.29. The molecule has 1 aromatic heterocycles. The van der Waals surface area contributed by atoms with E-state index in [2.05, 4.69) is 15.0 Å². The Hall–Kier alpha value is -4.93. The van der Waals surface area contributed by atoms with Gasteiger partial charge in [-0.3, -0.25) is 19.3 Å². The van der Waals surface area contributed by atoms with Crippen molar-refractivity contribution in [1.29, 1.82) is 0 Å². The molecule has 2 aliphatic heterocycles. The predicted molar refractivity (Wildman–Crippen MR) is 191 cm³/mol. The molecule has 4 aromatic rings. The lowest BCUT2D eigenvalue weighted by molar-refractivity contribution is -0.157. The second-order valence-corrected chi connectivity index (χ2v) is 15.1. The normalized spacial score (nSPS) is 18.0. The van der Waals surface area contributed by atoms with Gasteiger partial charge in [0.2, 0.25) is 21.8 Å². The van der Waals surface area contributed by atoms with E-state index in [9.17, 15) is 22.8 Å². The highest BCUT2D eigenvalue weighted by atomic mass is 32.2. The van der Waals surface area contributed by atoms with Gasteiger partial charge in [-0.25, -0.2) is 18.2 Å². The first-order valence-electron chi connectivity index (χ1n) is 16.2. The van der Waals surface area contributed by atoms with Crippen LogP contribution in [0.4, 0.5) is 15.6 Å². The molecular weight excluding hydrogens is 681 g/mol. The summed E-state index contributed by atoms with van der Waals surface area (Å²) in [6.07, 6.45) is 1.29. The first-order valence-corrected chi connectivity index (χ1v) is 18.9. The van der Waals surface area contributed by atoms with Crippen LogP contribution in [0, 0.1) is 0 Å². The van der Waals surface area contributed by atoms with Crippen LogP contribution < -0.4 is 20.5 Å². The number of carbonyl (C=O) groups excluding carboxylic acids is 3. The van der Waals surface area contributed by atoms with E-state index in [1.807, 2.05) is 49.4 Å². The molecule has 50 heavy (non-hydrogen) atoms. The number of rotatable bonds is 12. The minimum Gasteiger partial charge on any atom is -0.497 e. The van der Waals surface area contributed by atoms with Gasteiger partial charge in [0.15, 0.2) is 5.13 Å². The van der Waals surface area contributed by atoms with Crippen LogP contribution in [0.3, 0.4) is 0 Å². The van der Waals surface area contributed by atoms with Gasteiger partial charge in [-0.1, -0.05) is 54.7 Å². The van der Waals surface area contributed by atoms with Crippen LogP contribution in [-0.4, -0.2) is 96.3 Å². The van der Waals surface area contributed by atoms with Crippen molar-refractivity contribution in [2.24, 2.45) is 0 Å². The molecule has 16 heteroatoms. The highest BCUT2D eigenvalue weighted by Gasteiger charge is 2.52. The molecule has 4 N–H and O–H groups in total. The summed E-state index contributed by atoms with van der Waals surface area (Å²) in [6, 6.07) is 18.7. The molecule has 0 unspecified atom stereocenters. The fourth-order valence-electron chi connectivity index (χ4n) is 6.46. The molecule has 14 nitrogen and oxygen atoms in total. The van der Waals surface area contributed by atoms with E-state index in [-0.39, 0.29) is 50.4 Å². The number of nitrogen functional groups attached to an aromatic ring is 1. The third kappa shape index (κ3) is 7.61. The molecule has 3 aromatic carbocycles. The Morgan fingerprint density at radius 3 is 2.48 bits per heavy atom. The Bertz CT molecular complexity index is 1990. The van der Waals surface area contributed by atoms with Gasteiger partial charge in [0.1, 0.15) is 18.0 Å². The minimum absolute atomic E-state index is 0.0757. The summed E-state index contributed by atoms with van der Waals surface area (Å²) in [5.41, 5.74) is 9.60. The topological polar surface area (TPSA) is 171 Å². The molecule has 0 bridgehead atoms.